The number of nitrogens with one attached hydrogen (secondary N) is 1. The molecule has 0 amide bonds. The summed E-state index contributed by atoms with van der Waals surface area (Å²) in [5.41, 5.74) is 5.81. The minimum atomic E-state index is -1.19. The van der Waals surface area contributed by atoms with Crippen LogP contribution in [0, 0.1) is 18.6 Å². The summed E-state index contributed by atoms with van der Waals surface area (Å²) in [5, 5.41) is 11.5. The van der Waals surface area contributed by atoms with Gasteiger partial charge in [0.05, 0.1) is 22.6 Å². The van der Waals surface area contributed by atoms with Crippen molar-refractivity contribution >= 4 is 23.0 Å². The Kier molecular flexibility index (Phi) is 3.56. The molecule has 0 aromatic heterocycles. The maximum atomic E-state index is 13.7. The lowest BCUT2D eigenvalue weighted by atomic mass is 10.1. The first-order valence-corrected chi connectivity index (χ1v) is 5.74. The molecule has 4 N–H and O–H groups in total. The second kappa shape index (κ2) is 5.16. The van der Waals surface area contributed by atoms with Gasteiger partial charge < -0.3 is 16.2 Å². The number of nitrogens with two attached hydrogens (primary N) is 1. The molecule has 6 heteroatoms. The van der Waals surface area contributed by atoms with Crippen LogP contribution in [0.5, 0.6) is 0 Å². The van der Waals surface area contributed by atoms with Gasteiger partial charge in [0.2, 0.25) is 0 Å². The van der Waals surface area contributed by atoms with E-state index in [2.05, 4.69) is 5.32 Å². The minimum Gasteiger partial charge on any atom is -0.478 e. The summed E-state index contributed by atoms with van der Waals surface area (Å²) in [7, 11) is 0. The number of halogens is 2. The van der Waals surface area contributed by atoms with Crippen molar-refractivity contribution in [2.45, 2.75) is 6.92 Å². The Labute approximate surface area is 113 Å². The predicted molar refractivity (Wildman–Crippen MR) is 72.2 cm³/mol. The fraction of sp³-hybridized carbons (Fsp3) is 0.0714. The Balaban J connectivity index is 2.43. The van der Waals surface area contributed by atoms with Crippen LogP contribution in [0.4, 0.5) is 25.8 Å². The standard InChI is InChI=1S/C14H12F2N2O2/c1-7-5-10(16)12(6-9(7)15)18-11-4-2-3-8(13(11)17)14(19)20/h2-6,18H,17H2,1H3,(H,19,20). The monoisotopic (exact) mass is 278 g/mol. The number of nitrogen functional groups attached to an aromatic ring is 1. The number of para-hydroxylation sites is 1. The van der Waals surface area contributed by atoms with E-state index in [1.807, 2.05) is 0 Å². The van der Waals surface area contributed by atoms with Crippen LogP contribution in [0.1, 0.15) is 15.9 Å². The van der Waals surface area contributed by atoms with Crippen molar-refractivity contribution in [3.63, 3.8) is 0 Å². The van der Waals surface area contributed by atoms with Gasteiger partial charge in [-0.25, -0.2) is 13.6 Å². The third-order valence-electron chi connectivity index (χ3n) is 2.85. The van der Waals surface area contributed by atoms with Gasteiger partial charge in [0.25, 0.3) is 0 Å². The molecule has 2 aromatic rings. The maximum absolute atomic E-state index is 13.7. The van der Waals surface area contributed by atoms with Crippen LogP contribution in [0.15, 0.2) is 30.3 Å². The van der Waals surface area contributed by atoms with Crippen molar-refractivity contribution in [3.8, 4) is 0 Å². The molecule has 0 aliphatic rings. The maximum Gasteiger partial charge on any atom is 0.337 e. The number of carbonyl (C=O) groups is 1. The third kappa shape index (κ3) is 2.54. The lowest BCUT2D eigenvalue weighted by molar-refractivity contribution is 0.0698. The number of rotatable bonds is 3. The normalized spacial score (nSPS) is 10.3. The number of carboxylic acids is 1. The van der Waals surface area contributed by atoms with Crippen LogP contribution in [-0.2, 0) is 0 Å². The molecule has 0 atom stereocenters. The molecule has 0 bridgehead atoms. The summed E-state index contributed by atoms with van der Waals surface area (Å²) in [6.45, 7) is 1.45. The zero-order valence-electron chi connectivity index (χ0n) is 10.6. The van der Waals surface area contributed by atoms with E-state index in [0.29, 0.717) is 0 Å². The quantitative estimate of drug-likeness (QED) is 0.753. The largest absolute Gasteiger partial charge is 0.478 e. The molecular weight excluding hydrogens is 266 g/mol. The van der Waals surface area contributed by atoms with E-state index in [9.17, 15) is 13.6 Å². The molecule has 0 fully saturated rings. The van der Waals surface area contributed by atoms with Crippen LogP contribution in [0.25, 0.3) is 0 Å². The molecule has 20 heavy (non-hydrogen) atoms. The number of anilines is 3. The number of hydrogen-bond acceptors (Lipinski definition) is 3. The van der Waals surface area contributed by atoms with Crippen LogP contribution in [0.2, 0.25) is 0 Å². The molecular formula is C14H12F2N2O2. The Morgan fingerprint density at radius 2 is 1.90 bits per heavy atom. The van der Waals surface area contributed by atoms with Crippen molar-refractivity contribution in [1.82, 2.24) is 0 Å². The van der Waals surface area contributed by atoms with Gasteiger partial charge in [-0.3, -0.25) is 0 Å². The van der Waals surface area contributed by atoms with Crippen molar-refractivity contribution in [1.29, 1.82) is 0 Å². The molecule has 0 unspecified atom stereocenters. The summed E-state index contributed by atoms with van der Waals surface area (Å²) in [6.07, 6.45) is 0. The molecule has 0 radical (unpaired) electrons. The smallest absolute Gasteiger partial charge is 0.337 e. The molecule has 104 valence electrons. The number of benzene rings is 2. The molecule has 0 aliphatic carbocycles. The third-order valence-corrected chi connectivity index (χ3v) is 2.85. The first-order chi connectivity index (χ1) is 9.40. The van der Waals surface area contributed by atoms with Crippen LogP contribution in [0.3, 0.4) is 0 Å². The van der Waals surface area contributed by atoms with Gasteiger partial charge in [-0.15, -0.1) is 0 Å². The highest BCUT2D eigenvalue weighted by atomic mass is 19.1. The van der Waals surface area contributed by atoms with Gasteiger partial charge in [0.1, 0.15) is 11.6 Å². The minimum absolute atomic E-state index is 0.0413. The molecule has 4 nitrogen and oxygen atoms in total. The number of aryl methyl sites for hydroxylation is 1. The molecule has 2 aromatic carbocycles. The molecule has 0 aliphatic heterocycles. The van der Waals surface area contributed by atoms with Crippen LogP contribution < -0.4 is 11.1 Å². The van der Waals surface area contributed by atoms with Gasteiger partial charge in [0.15, 0.2) is 0 Å². The van der Waals surface area contributed by atoms with Gasteiger partial charge >= 0.3 is 5.97 Å². The average molecular weight is 278 g/mol. The highest BCUT2D eigenvalue weighted by molar-refractivity contribution is 5.97. The van der Waals surface area contributed by atoms with Crippen molar-refractivity contribution in [3.05, 3.63) is 53.1 Å². The first kappa shape index (κ1) is 13.8. The van der Waals surface area contributed by atoms with Gasteiger partial charge in [-0.1, -0.05) is 6.07 Å². The second-order valence-corrected chi connectivity index (χ2v) is 4.28. The summed E-state index contributed by atoms with van der Waals surface area (Å²) in [6, 6.07) is 6.32. The highest BCUT2D eigenvalue weighted by Crippen LogP contribution is 2.28. The number of aromatic carboxylic acids is 1. The van der Waals surface area contributed by atoms with Crippen LogP contribution in [-0.4, -0.2) is 11.1 Å². The van der Waals surface area contributed by atoms with E-state index < -0.39 is 17.6 Å². The first-order valence-electron chi connectivity index (χ1n) is 5.74. The van der Waals surface area contributed by atoms with Crippen molar-refractivity contribution < 1.29 is 18.7 Å². The van der Waals surface area contributed by atoms with E-state index in [1.54, 1.807) is 0 Å². The molecule has 0 saturated heterocycles. The van der Waals surface area contributed by atoms with E-state index in [1.165, 1.54) is 25.1 Å². The zero-order valence-corrected chi connectivity index (χ0v) is 10.6. The second-order valence-electron chi connectivity index (χ2n) is 4.28. The van der Waals surface area contributed by atoms with Gasteiger partial charge in [-0.05, 0) is 30.7 Å². The lowest BCUT2D eigenvalue weighted by Gasteiger charge is -2.12. The van der Waals surface area contributed by atoms with Gasteiger partial charge in [-0.2, -0.15) is 0 Å². The Morgan fingerprint density at radius 3 is 2.55 bits per heavy atom. The molecule has 0 spiro atoms. The SMILES string of the molecule is Cc1cc(F)c(Nc2cccc(C(=O)O)c2N)cc1F. The number of carboxylic acid groups (broad SMARTS) is 1. The van der Waals surface area contributed by atoms with E-state index in [-0.39, 0.29) is 28.2 Å². The van der Waals surface area contributed by atoms with Crippen molar-refractivity contribution in [2.24, 2.45) is 0 Å². The summed E-state index contributed by atoms with van der Waals surface area (Å²) in [5.74, 6) is -2.41. The van der Waals surface area contributed by atoms with E-state index >= 15 is 0 Å². The Bertz CT molecular complexity index is 687. The summed E-state index contributed by atoms with van der Waals surface area (Å²) >= 11 is 0. The topological polar surface area (TPSA) is 75.3 Å². The highest BCUT2D eigenvalue weighted by Gasteiger charge is 2.13. The Morgan fingerprint density at radius 1 is 1.20 bits per heavy atom. The predicted octanol–water partition coefficient (Wildman–Crippen LogP) is 3.30. The molecule has 0 saturated carbocycles. The molecule has 2 rings (SSSR count). The fourth-order valence-corrected chi connectivity index (χ4v) is 1.75. The fourth-order valence-electron chi connectivity index (χ4n) is 1.75. The molecule has 0 heterocycles. The Hall–Kier alpha value is -2.63. The summed E-state index contributed by atoms with van der Waals surface area (Å²) in [4.78, 5) is 11.0. The summed E-state index contributed by atoms with van der Waals surface area (Å²) < 4.78 is 27.2. The van der Waals surface area contributed by atoms with E-state index in [0.717, 1.165) is 12.1 Å². The van der Waals surface area contributed by atoms with Crippen LogP contribution >= 0.6 is 0 Å². The average Bonchev–Trinajstić information content (AvgIpc) is 2.37. The van der Waals surface area contributed by atoms with E-state index in [4.69, 9.17) is 10.8 Å². The lowest BCUT2D eigenvalue weighted by Crippen LogP contribution is -2.06. The zero-order chi connectivity index (χ0) is 14.9. The number of hydrogen-bond donors (Lipinski definition) is 3. The van der Waals surface area contributed by atoms with Crippen molar-refractivity contribution in [2.75, 3.05) is 11.1 Å². The van der Waals surface area contributed by atoms with Gasteiger partial charge in [0, 0.05) is 6.07 Å².